The summed E-state index contributed by atoms with van der Waals surface area (Å²) in [6.07, 6.45) is 2.93. The molecule has 72 valence electrons. The fourth-order valence-electron chi connectivity index (χ4n) is 1.89. The minimum Gasteiger partial charge on any atom is -0.399 e. The summed E-state index contributed by atoms with van der Waals surface area (Å²) in [6, 6.07) is 7.76. The van der Waals surface area contributed by atoms with E-state index in [9.17, 15) is 0 Å². The zero-order valence-electron chi connectivity index (χ0n) is 7.76. The average molecular weight is 207 g/mol. The van der Waals surface area contributed by atoms with Crippen molar-refractivity contribution in [2.45, 2.75) is 24.7 Å². The van der Waals surface area contributed by atoms with Crippen molar-refractivity contribution < 1.29 is 0 Å². The first-order valence-electron chi connectivity index (χ1n) is 4.65. The van der Waals surface area contributed by atoms with Crippen LogP contribution in [0.3, 0.4) is 0 Å². The van der Waals surface area contributed by atoms with Gasteiger partial charge in [0.1, 0.15) is 0 Å². The van der Waals surface area contributed by atoms with E-state index >= 15 is 0 Å². The van der Waals surface area contributed by atoms with Crippen molar-refractivity contribution in [1.29, 1.82) is 5.26 Å². The molecular weight excluding hydrogens is 196 g/mol. The lowest BCUT2D eigenvalue weighted by Gasteiger charge is -2.36. The van der Waals surface area contributed by atoms with Crippen LogP contribution in [0.1, 0.15) is 24.8 Å². The molecule has 1 aliphatic rings. The van der Waals surface area contributed by atoms with Crippen LogP contribution in [0.5, 0.6) is 0 Å². The molecule has 2 N–H and O–H groups in total. The van der Waals surface area contributed by atoms with Gasteiger partial charge in [-0.25, -0.2) is 0 Å². The summed E-state index contributed by atoms with van der Waals surface area (Å²) in [6.45, 7) is 0. The van der Waals surface area contributed by atoms with Gasteiger partial charge in [0.2, 0.25) is 0 Å². The molecule has 0 atom stereocenters. The lowest BCUT2D eigenvalue weighted by Crippen LogP contribution is -2.32. The Morgan fingerprint density at radius 3 is 2.57 bits per heavy atom. The molecule has 2 rings (SSSR count). The van der Waals surface area contributed by atoms with Gasteiger partial charge < -0.3 is 5.73 Å². The molecule has 0 radical (unpaired) electrons. The quantitative estimate of drug-likeness (QED) is 0.719. The summed E-state index contributed by atoms with van der Waals surface area (Å²) in [5.41, 5.74) is 6.84. The third kappa shape index (κ3) is 1.25. The molecule has 0 saturated heterocycles. The van der Waals surface area contributed by atoms with Gasteiger partial charge in [-0.2, -0.15) is 5.26 Å². The molecule has 0 amide bonds. The summed E-state index contributed by atoms with van der Waals surface area (Å²) in [5.74, 6) is 0. The van der Waals surface area contributed by atoms with Gasteiger partial charge in [-0.15, -0.1) is 0 Å². The number of nitrogens with zero attached hydrogens (tertiary/aromatic N) is 1. The monoisotopic (exact) mass is 206 g/mol. The smallest absolute Gasteiger partial charge is 0.0836 e. The molecular formula is C11H11ClN2. The first-order valence-corrected chi connectivity index (χ1v) is 5.02. The van der Waals surface area contributed by atoms with Gasteiger partial charge in [-0.05, 0) is 37.0 Å². The highest BCUT2D eigenvalue weighted by Crippen LogP contribution is 2.45. The summed E-state index contributed by atoms with van der Waals surface area (Å²) >= 11 is 6.07. The van der Waals surface area contributed by atoms with Gasteiger partial charge in [-0.3, -0.25) is 0 Å². The maximum Gasteiger partial charge on any atom is 0.0836 e. The van der Waals surface area contributed by atoms with E-state index < -0.39 is 0 Å². The largest absolute Gasteiger partial charge is 0.399 e. The Bertz CT molecular complexity index is 402. The number of hydrogen-bond acceptors (Lipinski definition) is 2. The summed E-state index contributed by atoms with van der Waals surface area (Å²) in [7, 11) is 0. The van der Waals surface area contributed by atoms with Gasteiger partial charge in [0.25, 0.3) is 0 Å². The maximum atomic E-state index is 9.14. The molecule has 2 nitrogen and oxygen atoms in total. The van der Waals surface area contributed by atoms with E-state index in [-0.39, 0.29) is 5.41 Å². The maximum absolute atomic E-state index is 9.14. The lowest BCUT2D eigenvalue weighted by atomic mass is 9.65. The number of nitriles is 1. The summed E-state index contributed by atoms with van der Waals surface area (Å²) < 4.78 is 0. The number of halogens is 1. The first kappa shape index (κ1) is 9.36. The topological polar surface area (TPSA) is 49.8 Å². The van der Waals surface area contributed by atoms with Gasteiger partial charge >= 0.3 is 0 Å². The van der Waals surface area contributed by atoms with E-state index in [0.29, 0.717) is 10.7 Å². The van der Waals surface area contributed by atoms with Gasteiger partial charge in [0.05, 0.1) is 11.5 Å². The van der Waals surface area contributed by atoms with E-state index in [1.807, 2.05) is 6.07 Å². The summed E-state index contributed by atoms with van der Waals surface area (Å²) in [4.78, 5) is 0. The van der Waals surface area contributed by atoms with Crippen LogP contribution in [0.25, 0.3) is 0 Å². The number of hydrogen-bond donors (Lipinski definition) is 1. The second-order valence-electron chi connectivity index (χ2n) is 3.79. The lowest BCUT2D eigenvalue weighted by molar-refractivity contribution is 0.324. The van der Waals surface area contributed by atoms with E-state index in [0.717, 1.165) is 24.8 Å². The molecule has 0 spiro atoms. The Hall–Kier alpha value is -1.20. The Morgan fingerprint density at radius 2 is 2.14 bits per heavy atom. The van der Waals surface area contributed by atoms with E-state index in [4.69, 9.17) is 22.6 Å². The zero-order chi connectivity index (χ0) is 10.2. The van der Waals surface area contributed by atoms with Gasteiger partial charge in [0, 0.05) is 10.7 Å². The number of benzene rings is 1. The molecule has 1 aliphatic carbocycles. The van der Waals surface area contributed by atoms with E-state index in [1.54, 1.807) is 12.1 Å². The highest BCUT2D eigenvalue weighted by Gasteiger charge is 2.40. The van der Waals surface area contributed by atoms with Crippen molar-refractivity contribution in [1.82, 2.24) is 0 Å². The molecule has 0 heterocycles. The first-order chi connectivity index (χ1) is 6.68. The highest BCUT2D eigenvalue weighted by atomic mass is 35.5. The Labute approximate surface area is 88.3 Å². The fourth-order valence-corrected chi connectivity index (χ4v) is 2.26. The molecule has 0 aliphatic heterocycles. The second kappa shape index (κ2) is 3.18. The van der Waals surface area contributed by atoms with Crippen LogP contribution in [0.2, 0.25) is 5.02 Å². The third-order valence-corrected chi connectivity index (χ3v) is 3.24. The Balaban J connectivity index is 2.46. The van der Waals surface area contributed by atoms with E-state index in [1.165, 1.54) is 0 Å². The molecule has 3 heteroatoms. The molecule has 0 bridgehead atoms. The highest BCUT2D eigenvalue weighted by molar-refractivity contribution is 6.31. The van der Waals surface area contributed by atoms with Crippen LogP contribution in [0.15, 0.2) is 18.2 Å². The number of rotatable bonds is 1. The number of nitrogens with two attached hydrogens (primary N) is 1. The van der Waals surface area contributed by atoms with Gasteiger partial charge in [-0.1, -0.05) is 17.7 Å². The van der Waals surface area contributed by atoms with Crippen LogP contribution in [0.4, 0.5) is 5.69 Å². The SMILES string of the molecule is N#CC1(c2ccc(N)cc2Cl)CCC1. The Morgan fingerprint density at radius 1 is 1.43 bits per heavy atom. The van der Waals surface area contributed by atoms with Crippen LogP contribution >= 0.6 is 11.6 Å². The van der Waals surface area contributed by atoms with Crippen molar-refractivity contribution in [3.8, 4) is 6.07 Å². The van der Waals surface area contributed by atoms with Crippen molar-refractivity contribution >= 4 is 17.3 Å². The molecule has 0 aromatic heterocycles. The van der Waals surface area contributed by atoms with Crippen molar-refractivity contribution in [3.05, 3.63) is 28.8 Å². The molecule has 1 aromatic rings. The normalized spacial score (nSPS) is 18.3. The van der Waals surface area contributed by atoms with Crippen LogP contribution in [0, 0.1) is 11.3 Å². The predicted molar refractivity (Wildman–Crippen MR) is 57.0 cm³/mol. The molecule has 0 unspecified atom stereocenters. The molecule has 14 heavy (non-hydrogen) atoms. The van der Waals surface area contributed by atoms with Gasteiger partial charge in [0.15, 0.2) is 0 Å². The van der Waals surface area contributed by atoms with E-state index in [2.05, 4.69) is 6.07 Å². The number of nitrogen functional groups attached to an aromatic ring is 1. The minimum atomic E-state index is -0.342. The van der Waals surface area contributed by atoms with Crippen molar-refractivity contribution in [3.63, 3.8) is 0 Å². The second-order valence-corrected chi connectivity index (χ2v) is 4.19. The predicted octanol–water partition coefficient (Wildman–Crippen LogP) is 2.87. The van der Waals surface area contributed by atoms with Crippen molar-refractivity contribution in [2.24, 2.45) is 0 Å². The summed E-state index contributed by atoms with van der Waals surface area (Å²) in [5, 5.41) is 9.76. The van der Waals surface area contributed by atoms with Crippen LogP contribution in [-0.2, 0) is 5.41 Å². The molecule has 1 saturated carbocycles. The Kier molecular flexibility index (Phi) is 2.13. The standard InChI is InChI=1S/C11H11ClN2/c12-10-6-8(14)2-3-9(10)11(7-13)4-1-5-11/h2-3,6H,1,4-5,14H2. The average Bonchev–Trinajstić information content (AvgIpc) is 2.07. The third-order valence-electron chi connectivity index (χ3n) is 2.93. The van der Waals surface area contributed by atoms with Crippen LogP contribution < -0.4 is 5.73 Å². The molecule has 1 fully saturated rings. The van der Waals surface area contributed by atoms with Crippen molar-refractivity contribution in [2.75, 3.05) is 5.73 Å². The minimum absolute atomic E-state index is 0.342. The fraction of sp³-hybridized carbons (Fsp3) is 0.364. The molecule has 1 aromatic carbocycles. The van der Waals surface area contributed by atoms with Crippen LogP contribution in [-0.4, -0.2) is 0 Å². The number of anilines is 1. The zero-order valence-corrected chi connectivity index (χ0v) is 8.51.